The quantitative estimate of drug-likeness (QED) is 0.796. The smallest absolute Gasteiger partial charge is 0.342 e. The lowest BCUT2D eigenvalue weighted by Gasteiger charge is -2.09. The highest BCUT2D eigenvalue weighted by Gasteiger charge is 2.16. The normalized spacial score (nSPS) is 10.5. The Bertz CT molecular complexity index is 804. The zero-order valence-electron chi connectivity index (χ0n) is 15.1. The van der Waals surface area contributed by atoms with Gasteiger partial charge in [-0.05, 0) is 58.0 Å². The third-order valence-corrected chi connectivity index (χ3v) is 3.34. The van der Waals surface area contributed by atoms with Gasteiger partial charge < -0.3 is 19.2 Å². The lowest BCUT2D eigenvalue weighted by molar-refractivity contribution is -0.119. The SMILES string of the molecule is Cc1cc(C(=O)OCC(=O)Nc2ccc(C(=O)OC(C)C)cc2)c(C)o1. The molecule has 0 aliphatic carbocycles. The Balaban J connectivity index is 1.87. The molecule has 0 unspecified atom stereocenters. The third kappa shape index (κ3) is 5.20. The summed E-state index contributed by atoms with van der Waals surface area (Å²) in [5.74, 6) is -0.514. The van der Waals surface area contributed by atoms with Crippen molar-refractivity contribution in [1.29, 1.82) is 0 Å². The molecule has 0 radical (unpaired) electrons. The van der Waals surface area contributed by atoms with Crippen molar-refractivity contribution in [3.63, 3.8) is 0 Å². The summed E-state index contributed by atoms with van der Waals surface area (Å²) in [7, 11) is 0. The first-order valence-electron chi connectivity index (χ1n) is 8.11. The molecule has 0 aliphatic rings. The van der Waals surface area contributed by atoms with E-state index in [2.05, 4.69) is 5.32 Å². The first-order chi connectivity index (χ1) is 12.3. The molecule has 0 saturated carbocycles. The number of esters is 2. The summed E-state index contributed by atoms with van der Waals surface area (Å²) >= 11 is 0. The summed E-state index contributed by atoms with van der Waals surface area (Å²) in [4.78, 5) is 35.6. The molecule has 1 heterocycles. The van der Waals surface area contributed by atoms with E-state index >= 15 is 0 Å². The molecular weight excluding hydrogens is 338 g/mol. The maximum Gasteiger partial charge on any atom is 0.342 e. The molecule has 0 spiro atoms. The minimum absolute atomic E-state index is 0.209. The van der Waals surface area contributed by atoms with Crippen LogP contribution in [0.4, 0.5) is 5.69 Å². The molecule has 1 amide bonds. The van der Waals surface area contributed by atoms with E-state index in [-0.39, 0.29) is 6.10 Å². The maximum atomic E-state index is 11.9. The van der Waals surface area contributed by atoms with Crippen molar-refractivity contribution in [1.82, 2.24) is 0 Å². The van der Waals surface area contributed by atoms with Gasteiger partial charge in [-0.15, -0.1) is 0 Å². The minimum Gasteiger partial charge on any atom is -0.466 e. The summed E-state index contributed by atoms with van der Waals surface area (Å²) in [5, 5.41) is 2.58. The van der Waals surface area contributed by atoms with Crippen LogP contribution < -0.4 is 5.32 Å². The molecule has 7 nitrogen and oxygen atoms in total. The van der Waals surface area contributed by atoms with Crippen LogP contribution in [0, 0.1) is 13.8 Å². The minimum atomic E-state index is -0.624. The largest absolute Gasteiger partial charge is 0.466 e. The molecule has 0 aliphatic heterocycles. The summed E-state index contributed by atoms with van der Waals surface area (Å²) in [6.07, 6.45) is -0.209. The molecule has 26 heavy (non-hydrogen) atoms. The van der Waals surface area contributed by atoms with Gasteiger partial charge in [0.05, 0.1) is 11.7 Å². The summed E-state index contributed by atoms with van der Waals surface area (Å²) < 4.78 is 15.3. The monoisotopic (exact) mass is 359 g/mol. The Morgan fingerprint density at radius 1 is 1.08 bits per heavy atom. The van der Waals surface area contributed by atoms with E-state index in [9.17, 15) is 14.4 Å². The second kappa shape index (κ2) is 8.33. The van der Waals surface area contributed by atoms with Gasteiger partial charge in [0.2, 0.25) is 0 Å². The lowest BCUT2D eigenvalue weighted by Crippen LogP contribution is -2.21. The van der Waals surface area contributed by atoms with E-state index in [0.29, 0.717) is 28.3 Å². The van der Waals surface area contributed by atoms with Crippen molar-refractivity contribution in [3.05, 3.63) is 53.0 Å². The number of anilines is 1. The first-order valence-corrected chi connectivity index (χ1v) is 8.11. The van der Waals surface area contributed by atoms with Gasteiger partial charge in [0.15, 0.2) is 6.61 Å². The highest BCUT2D eigenvalue weighted by Crippen LogP contribution is 2.15. The standard InChI is InChI=1S/C19H21NO6/c1-11(2)25-18(22)14-5-7-15(8-6-14)20-17(21)10-24-19(23)16-9-12(3)26-13(16)4/h5-9,11H,10H2,1-4H3,(H,20,21). The predicted octanol–water partition coefficient (Wildman–Crippen LogP) is 3.26. The van der Waals surface area contributed by atoms with Crippen molar-refractivity contribution in [2.75, 3.05) is 11.9 Å². The van der Waals surface area contributed by atoms with Gasteiger partial charge in [-0.3, -0.25) is 4.79 Å². The number of hydrogen-bond acceptors (Lipinski definition) is 6. The molecule has 7 heteroatoms. The van der Waals surface area contributed by atoms with Crippen molar-refractivity contribution in [2.45, 2.75) is 33.8 Å². The third-order valence-electron chi connectivity index (χ3n) is 3.34. The Kier molecular flexibility index (Phi) is 6.16. The summed E-state index contributed by atoms with van der Waals surface area (Å²) in [6.45, 7) is 6.46. The number of benzene rings is 1. The van der Waals surface area contributed by atoms with Gasteiger partial charge in [-0.25, -0.2) is 9.59 Å². The fourth-order valence-corrected chi connectivity index (χ4v) is 2.21. The van der Waals surface area contributed by atoms with Crippen LogP contribution in [0.15, 0.2) is 34.7 Å². The average molecular weight is 359 g/mol. The molecule has 0 atom stereocenters. The van der Waals surface area contributed by atoms with Crippen molar-refractivity contribution in [3.8, 4) is 0 Å². The molecule has 1 aromatic carbocycles. The van der Waals surface area contributed by atoms with E-state index in [4.69, 9.17) is 13.9 Å². The fraction of sp³-hybridized carbons (Fsp3) is 0.316. The molecule has 1 aromatic heterocycles. The lowest BCUT2D eigenvalue weighted by atomic mass is 10.2. The molecule has 138 valence electrons. The van der Waals surface area contributed by atoms with E-state index in [0.717, 1.165) is 0 Å². The van der Waals surface area contributed by atoms with Crippen molar-refractivity contribution >= 4 is 23.5 Å². The van der Waals surface area contributed by atoms with Crippen LogP contribution in [0.25, 0.3) is 0 Å². The second-order valence-corrected chi connectivity index (χ2v) is 5.98. The number of hydrogen-bond donors (Lipinski definition) is 1. The number of nitrogens with one attached hydrogen (secondary N) is 1. The number of aryl methyl sites for hydroxylation is 2. The van der Waals surface area contributed by atoms with E-state index in [1.54, 1.807) is 58.0 Å². The topological polar surface area (TPSA) is 94.8 Å². The van der Waals surface area contributed by atoms with Gasteiger partial charge in [0.1, 0.15) is 17.1 Å². The summed E-state index contributed by atoms with van der Waals surface area (Å²) in [5.41, 5.74) is 1.15. The number of amides is 1. The van der Waals surface area contributed by atoms with Crippen LogP contribution in [-0.2, 0) is 14.3 Å². The molecule has 0 saturated heterocycles. The van der Waals surface area contributed by atoms with Crippen LogP contribution in [0.3, 0.4) is 0 Å². The maximum absolute atomic E-state index is 11.9. The van der Waals surface area contributed by atoms with Gasteiger partial charge in [-0.1, -0.05) is 0 Å². The van der Waals surface area contributed by atoms with Crippen LogP contribution >= 0.6 is 0 Å². The van der Waals surface area contributed by atoms with Crippen molar-refractivity contribution < 1.29 is 28.3 Å². The van der Waals surface area contributed by atoms with Crippen molar-refractivity contribution in [2.24, 2.45) is 0 Å². The highest BCUT2D eigenvalue weighted by molar-refractivity contribution is 5.96. The number of furan rings is 1. The van der Waals surface area contributed by atoms with Gasteiger partial charge in [0.25, 0.3) is 5.91 Å². The van der Waals surface area contributed by atoms with E-state index < -0.39 is 24.5 Å². The molecule has 2 rings (SSSR count). The zero-order valence-corrected chi connectivity index (χ0v) is 15.1. The number of carbonyl (C=O) groups is 3. The van der Waals surface area contributed by atoms with E-state index in [1.165, 1.54) is 0 Å². The predicted molar refractivity (Wildman–Crippen MR) is 94.1 cm³/mol. The van der Waals surface area contributed by atoms with Crippen LogP contribution in [0.2, 0.25) is 0 Å². The Labute approximate surface area is 151 Å². The Morgan fingerprint density at radius 2 is 1.73 bits per heavy atom. The fourth-order valence-electron chi connectivity index (χ4n) is 2.21. The Morgan fingerprint density at radius 3 is 2.27 bits per heavy atom. The average Bonchev–Trinajstić information content (AvgIpc) is 2.91. The number of rotatable bonds is 6. The molecular formula is C19H21NO6. The van der Waals surface area contributed by atoms with Gasteiger partial charge in [-0.2, -0.15) is 0 Å². The Hall–Kier alpha value is -3.09. The van der Waals surface area contributed by atoms with E-state index in [1.807, 2.05) is 0 Å². The van der Waals surface area contributed by atoms with Crippen LogP contribution in [-0.4, -0.2) is 30.6 Å². The number of ether oxygens (including phenoxy) is 2. The van der Waals surface area contributed by atoms with Crippen LogP contribution in [0.1, 0.15) is 46.1 Å². The summed E-state index contributed by atoms with van der Waals surface area (Å²) in [6, 6.07) is 7.79. The van der Waals surface area contributed by atoms with Gasteiger partial charge >= 0.3 is 11.9 Å². The highest BCUT2D eigenvalue weighted by atomic mass is 16.5. The van der Waals surface area contributed by atoms with Gasteiger partial charge in [0, 0.05) is 5.69 Å². The number of carbonyl (C=O) groups excluding carboxylic acids is 3. The molecule has 0 fully saturated rings. The molecule has 2 aromatic rings. The molecule has 1 N–H and O–H groups in total. The second-order valence-electron chi connectivity index (χ2n) is 5.98. The zero-order chi connectivity index (χ0) is 19.3. The molecule has 0 bridgehead atoms. The van der Waals surface area contributed by atoms with Crippen LogP contribution in [0.5, 0.6) is 0 Å². The first kappa shape index (κ1) is 19.2.